The number of hydrogen-bond acceptors (Lipinski definition) is 3. The predicted octanol–water partition coefficient (Wildman–Crippen LogP) is 6.24. The number of unbranched alkanes of at least 4 members (excludes halogenated alkanes) is 3. The van der Waals surface area contributed by atoms with Gasteiger partial charge in [-0.1, -0.05) is 77.5 Å². The minimum Gasteiger partial charge on any atom is -0.339 e. The van der Waals surface area contributed by atoms with Crippen molar-refractivity contribution in [1.29, 1.82) is 0 Å². The van der Waals surface area contributed by atoms with Crippen molar-refractivity contribution >= 4 is 11.8 Å². The Balaban J connectivity index is 1.79. The Bertz CT molecular complexity index is 678. The van der Waals surface area contributed by atoms with Gasteiger partial charge in [-0.2, -0.15) is 0 Å². The number of carbonyl (C=O) groups is 2. The molecule has 5 nitrogen and oxygen atoms in total. The summed E-state index contributed by atoms with van der Waals surface area (Å²) >= 11 is 0. The molecule has 32 heavy (non-hydrogen) atoms. The summed E-state index contributed by atoms with van der Waals surface area (Å²) in [5, 5.41) is 1.66. The van der Waals surface area contributed by atoms with Crippen molar-refractivity contribution in [3.63, 3.8) is 0 Å². The van der Waals surface area contributed by atoms with Crippen LogP contribution in [0.2, 0.25) is 0 Å². The zero-order valence-corrected chi connectivity index (χ0v) is 20.8. The van der Waals surface area contributed by atoms with Crippen molar-refractivity contribution in [1.82, 2.24) is 9.96 Å². The van der Waals surface area contributed by atoms with Gasteiger partial charge in [-0.15, -0.1) is 0 Å². The first-order chi connectivity index (χ1) is 15.3. The molecular weight excluding hydrogens is 400 g/mol. The van der Waals surface area contributed by atoms with Gasteiger partial charge in [0.25, 0.3) is 5.91 Å². The van der Waals surface area contributed by atoms with Gasteiger partial charge >= 0.3 is 0 Å². The van der Waals surface area contributed by atoms with Crippen molar-refractivity contribution in [2.75, 3.05) is 20.2 Å². The number of nitrogens with zero attached hydrogens (tertiary/aromatic N) is 2. The monoisotopic (exact) mass is 444 g/mol. The second-order valence-corrected chi connectivity index (χ2v) is 10.4. The molecule has 0 radical (unpaired) electrons. The third kappa shape index (κ3) is 9.72. The second kappa shape index (κ2) is 13.6. The van der Waals surface area contributed by atoms with Crippen molar-refractivity contribution in [2.45, 2.75) is 97.4 Å². The van der Waals surface area contributed by atoms with Crippen LogP contribution in [0.3, 0.4) is 0 Å². The Morgan fingerprint density at radius 3 is 2.28 bits per heavy atom. The van der Waals surface area contributed by atoms with E-state index >= 15 is 0 Å². The lowest BCUT2D eigenvalue weighted by atomic mass is 9.89. The standard InChI is InChI=1S/C27H44N2O3/c1-27(2,3)20-14-6-5-13-19-25(30)29(24-17-11-8-12-18-24)32-22-21-28(4)26(31)23-15-9-7-10-16-23/h7,9-10,15-16,24H,5-6,8,11-14,17-22H2,1-4H3. The van der Waals surface area contributed by atoms with Crippen LogP contribution in [0.25, 0.3) is 0 Å². The largest absolute Gasteiger partial charge is 0.339 e. The van der Waals surface area contributed by atoms with Crippen LogP contribution in [0.5, 0.6) is 0 Å². The van der Waals surface area contributed by atoms with Crippen LogP contribution in [-0.2, 0) is 9.63 Å². The van der Waals surface area contributed by atoms with Gasteiger partial charge in [0, 0.05) is 25.6 Å². The first-order valence-electron chi connectivity index (χ1n) is 12.5. The van der Waals surface area contributed by atoms with Crippen molar-refractivity contribution < 1.29 is 14.4 Å². The minimum absolute atomic E-state index is 0.0278. The van der Waals surface area contributed by atoms with Crippen LogP contribution < -0.4 is 0 Å². The van der Waals surface area contributed by atoms with Crippen LogP contribution in [0.1, 0.15) is 102 Å². The van der Waals surface area contributed by atoms with Gasteiger partial charge in [0.1, 0.15) is 0 Å². The molecule has 0 unspecified atom stereocenters. The summed E-state index contributed by atoms with van der Waals surface area (Å²) in [6.07, 6.45) is 11.7. The maximum atomic E-state index is 13.0. The number of hydrogen-bond donors (Lipinski definition) is 0. The molecule has 0 spiro atoms. The summed E-state index contributed by atoms with van der Waals surface area (Å²) in [7, 11) is 1.78. The normalized spacial score (nSPS) is 14.9. The van der Waals surface area contributed by atoms with Crippen LogP contribution >= 0.6 is 0 Å². The number of benzene rings is 1. The average Bonchev–Trinajstić information content (AvgIpc) is 2.78. The van der Waals surface area contributed by atoms with Crippen molar-refractivity contribution in [3.8, 4) is 0 Å². The van der Waals surface area contributed by atoms with Gasteiger partial charge in [-0.25, -0.2) is 5.06 Å². The predicted molar refractivity (Wildman–Crippen MR) is 130 cm³/mol. The Hall–Kier alpha value is -1.88. The molecule has 180 valence electrons. The fourth-order valence-electron chi connectivity index (χ4n) is 4.27. The maximum Gasteiger partial charge on any atom is 0.253 e. The number of carbonyl (C=O) groups excluding carboxylic acids is 2. The Labute approximate surface area is 195 Å². The molecule has 0 heterocycles. The van der Waals surface area contributed by atoms with Gasteiger partial charge < -0.3 is 4.90 Å². The highest BCUT2D eigenvalue weighted by Crippen LogP contribution is 2.25. The lowest BCUT2D eigenvalue weighted by Crippen LogP contribution is -2.43. The number of amides is 2. The van der Waals surface area contributed by atoms with E-state index in [2.05, 4.69) is 20.8 Å². The van der Waals surface area contributed by atoms with Gasteiger partial charge in [-0.3, -0.25) is 14.4 Å². The molecular formula is C27H44N2O3. The van der Waals surface area contributed by atoms with Gasteiger partial charge in [0.2, 0.25) is 5.91 Å². The molecule has 1 fully saturated rings. The van der Waals surface area contributed by atoms with Crippen LogP contribution in [0.15, 0.2) is 30.3 Å². The Morgan fingerprint density at radius 1 is 0.969 bits per heavy atom. The topological polar surface area (TPSA) is 49.9 Å². The fourth-order valence-corrected chi connectivity index (χ4v) is 4.27. The van der Waals surface area contributed by atoms with Gasteiger partial charge in [0.15, 0.2) is 0 Å². The highest BCUT2D eigenvalue weighted by Gasteiger charge is 2.26. The molecule has 2 rings (SSSR count). The highest BCUT2D eigenvalue weighted by molar-refractivity contribution is 5.93. The minimum atomic E-state index is -0.0278. The summed E-state index contributed by atoms with van der Waals surface area (Å²) in [6.45, 7) is 7.63. The van der Waals surface area contributed by atoms with Crippen LogP contribution in [-0.4, -0.2) is 48.0 Å². The smallest absolute Gasteiger partial charge is 0.253 e. The molecule has 1 saturated carbocycles. The average molecular weight is 445 g/mol. The van der Waals surface area contributed by atoms with E-state index in [1.54, 1.807) is 17.0 Å². The molecule has 0 aliphatic heterocycles. The first-order valence-corrected chi connectivity index (χ1v) is 12.5. The van der Waals surface area contributed by atoms with Gasteiger partial charge in [-0.05, 0) is 43.2 Å². The zero-order valence-electron chi connectivity index (χ0n) is 20.8. The van der Waals surface area contributed by atoms with E-state index in [-0.39, 0.29) is 17.9 Å². The molecule has 1 aromatic rings. The SMILES string of the molecule is CN(CCON(C(=O)CCCCCCC(C)(C)C)C1CCCCC1)C(=O)c1ccccc1. The van der Waals surface area contributed by atoms with E-state index < -0.39 is 0 Å². The summed E-state index contributed by atoms with van der Waals surface area (Å²) in [6, 6.07) is 9.44. The van der Waals surface area contributed by atoms with Crippen molar-refractivity contribution in [3.05, 3.63) is 35.9 Å². The molecule has 1 aliphatic carbocycles. The summed E-state index contributed by atoms with van der Waals surface area (Å²) in [5.74, 6) is 0.0739. The maximum absolute atomic E-state index is 13.0. The second-order valence-electron chi connectivity index (χ2n) is 10.4. The molecule has 0 bridgehead atoms. The van der Waals surface area contributed by atoms with E-state index in [0.717, 1.165) is 38.5 Å². The molecule has 1 aromatic carbocycles. The van der Waals surface area contributed by atoms with Crippen LogP contribution in [0, 0.1) is 5.41 Å². The lowest BCUT2D eigenvalue weighted by molar-refractivity contribution is -0.204. The zero-order chi connectivity index (χ0) is 23.4. The van der Waals surface area contributed by atoms with E-state index in [1.165, 1.54) is 25.7 Å². The van der Waals surface area contributed by atoms with E-state index in [4.69, 9.17) is 4.84 Å². The number of rotatable bonds is 12. The summed E-state index contributed by atoms with van der Waals surface area (Å²) < 4.78 is 0. The van der Waals surface area contributed by atoms with E-state index in [9.17, 15) is 9.59 Å². The molecule has 1 aliphatic rings. The number of likely N-dealkylation sites (N-methyl/N-ethyl adjacent to an activating group) is 1. The molecule has 0 saturated heterocycles. The highest BCUT2D eigenvalue weighted by atomic mass is 16.7. The summed E-state index contributed by atoms with van der Waals surface area (Å²) in [5.41, 5.74) is 1.05. The summed E-state index contributed by atoms with van der Waals surface area (Å²) in [4.78, 5) is 33.2. The number of hydroxylamine groups is 2. The molecule has 2 amide bonds. The third-order valence-electron chi connectivity index (χ3n) is 6.24. The molecule has 0 N–H and O–H groups in total. The molecule has 0 atom stereocenters. The molecule has 5 heteroatoms. The molecule has 0 aromatic heterocycles. The van der Waals surface area contributed by atoms with Crippen molar-refractivity contribution in [2.24, 2.45) is 5.41 Å². The van der Waals surface area contributed by atoms with Gasteiger partial charge in [0.05, 0.1) is 12.6 Å². The Kier molecular flexibility index (Phi) is 11.2. The Morgan fingerprint density at radius 2 is 1.62 bits per heavy atom. The van der Waals surface area contributed by atoms with Crippen LogP contribution in [0.4, 0.5) is 0 Å². The quantitative estimate of drug-likeness (QED) is 0.283. The third-order valence-corrected chi connectivity index (χ3v) is 6.24. The van der Waals surface area contributed by atoms with E-state index in [0.29, 0.717) is 30.6 Å². The lowest BCUT2D eigenvalue weighted by Gasteiger charge is -2.33. The fraction of sp³-hybridized carbons (Fsp3) is 0.704. The first kappa shape index (κ1) is 26.4. The van der Waals surface area contributed by atoms with E-state index in [1.807, 2.05) is 30.3 Å².